The van der Waals surface area contributed by atoms with Crippen molar-refractivity contribution in [2.45, 2.75) is 24.4 Å². The third-order valence-electron chi connectivity index (χ3n) is 4.73. The minimum atomic E-state index is -0.384. The van der Waals surface area contributed by atoms with E-state index in [9.17, 15) is 4.79 Å². The Hall–Kier alpha value is -0.950. The van der Waals surface area contributed by atoms with Crippen LogP contribution in [-0.4, -0.2) is 51.5 Å². The number of rotatable bonds is 4. The van der Waals surface area contributed by atoms with Gasteiger partial charge >= 0.3 is 0 Å². The van der Waals surface area contributed by atoms with E-state index >= 15 is 0 Å². The molecule has 2 aliphatic heterocycles. The third-order valence-corrected chi connectivity index (χ3v) is 5.26. The SMILES string of the molecule is O=C(NCC1(c2ccc(Br)cc2)CCOCC1)C1CNCCO1. The van der Waals surface area contributed by atoms with Crippen LogP contribution in [0.15, 0.2) is 28.7 Å². The summed E-state index contributed by atoms with van der Waals surface area (Å²) in [5.74, 6) is -0.0276. The van der Waals surface area contributed by atoms with Crippen LogP contribution in [0.1, 0.15) is 18.4 Å². The van der Waals surface area contributed by atoms with E-state index in [0.717, 1.165) is 37.1 Å². The first kappa shape index (κ1) is 16.9. The van der Waals surface area contributed by atoms with Gasteiger partial charge in [-0.05, 0) is 30.5 Å². The van der Waals surface area contributed by atoms with Crippen molar-refractivity contribution in [2.24, 2.45) is 0 Å². The van der Waals surface area contributed by atoms with Crippen molar-refractivity contribution < 1.29 is 14.3 Å². The molecule has 2 aliphatic rings. The lowest BCUT2D eigenvalue weighted by Crippen LogP contribution is -2.51. The maximum absolute atomic E-state index is 12.4. The van der Waals surface area contributed by atoms with E-state index in [0.29, 0.717) is 19.7 Å². The summed E-state index contributed by atoms with van der Waals surface area (Å²) in [5, 5.41) is 6.29. The van der Waals surface area contributed by atoms with Gasteiger partial charge in [0.1, 0.15) is 6.10 Å². The highest BCUT2D eigenvalue weighted by Crippen LogP contribution is 2.35. The van der Waals surface area contributed by atoms with Gasteiger partial charge in [0.2, 0.25) is 5.91 Å². The number of carbonyl (C=O) groups excluding carboxylic acids is 1. The molecular formula is C17H23BrN2O3. The molecule has 0 bridgehead atoms. The molecule has 0 spiro atoms. The molecule has 1 unspecified atom stereocenters. The number of benzene rings is 1. The summed E-state index contributed by atoms with van der Waals surface area (Å²) in [5.41, 5.74) is 1.20. The quantitative estimate of drug-likeness (QED) is 0.830. The predicted molar refractivity (Wildman–Crippen MR) is 91.5 cm³/mol. The minimum absolute atomic E-state index is 0.0276. The van der Waals surface area contributed by atoms with Gasteiger partial charge < -0.3 is 20.1 Å². The predicted octanol–water partition coefficient (Wildman–Crippen LogP) is 1.60. The lowest BCUT2D eigenvalue weighted by molar-refractivity contribution is -0.134. The smallest absolute Gasteiger partial charge is 0.250 e. The van der Waals surface area contributed by atoms with Crippen LogP contribution in [0.4, 0.5) is 0 Å². The van der Waals surface area contributed by atoms with E-state index in [4.69, 9.17) is 9.47 Å². The van der Waals surface area contributed by atoms with Crippen LogP contribution in [-0.2, 0) is 19.7 Å². The molecule has 5 nitrogen and oxygen atoms in total. The van der Waals surface area contributed by atoms with E-state index in [-0.39, 0.29) is 17.4 Å². The number of amides is 1. The maximum atomic E-state index is 12.4. The first-order chi connectivity index (χ1) is 11.2. The van der Waals surface area contributed by atoms with Gasteiger partial charge in [-0.1, -0.05) is 28.1 Å². The van der Waals surface area contributed by atoms with E-state index in [1.165, 1.54) is 5.56 Å². The van der Waals surface area contributed by atoms with Crippen LogP contribution in [0, 0.1) is 0 Å². The summed E-state index contributed by atoms with van der Waals surface area (Å²) in [4.78, 5) is 12.4. The average molecular weight is 383 g/mol. The molecule has 1 amide bonds. The number of hydrogen-bond donors (Lipinski definition) is 2. The van der Waals surface area contributed by atoms with Crippen molar-refractivity contribution in [2.75, 3.05) is 39.5 Å². The molecule has 1 atom stereocenters. The summed E-state index contributed by atoms with van der Waals surface area (Å²) in [7, 11) is 0. The van der Waals surface area contributed by atoms with E-state index in [1.807, 2.05) is 0 Å². The van der Waals surface area contributed by atoms with E-state index in [2.05, 4.69) is 50.8 Å². The molecule has 2 N–H and O–H groups in total. The topological polar surface area (TPSA) is 59.6 Å². The zero-order valence-corrected chi connectivity index (χ0v) is 14.7. The second-order valence-electron chi connectivity index (χ2n) is 6.18. The Morgan fingerprint density at radius 2 is 2.00 bits per heavy atom. The van der Waals surface area contributed by atoms with Crippen molar-refractivity contribution in [1.82, 2.24) is 10.6 Å². The number of ether oxygens (including phenoxy) is 2. The van der Waals surface area contributed by atoms with Crippen molar-refractivity contribution in [3.8, 4) is 0 Å². The summed E-state index contributed by atoms with van der Waals surface area (Å²) in [6, 6.07) is 8.39. The van der Waals surface area contributed by atoms with E-state index in [1.54, 1.807) is 0 Å². The molecule has 0 aromatic heterocycles. The maximum Gasteiger partial charge on any atom is 0.250 e. The highest BCUT2D eigenvalue weighted by atomic mass is 79.9. The number of nitrogens with one attached hydrogen (secondary N) is 2. The third kappa shape index (κ3) is 4.12. The van der Waals surface area contributed by atoms with Crippen molar-refractivity contribution in [3.63, 3.8) is 0 Å². The van der Waals surface area contributed by atoms with Crippen LogP contribution in [0.2, 0.25) is 0 Å². The Morgan fingerprint density at radius 3 is 2.65 bits per heavy atom. The van der Waals surface area contributed by atoms with Gasteiger partial charge in [-0.2, -0.15) is 0 Å². The van der Waals surface area contributed by atoms with Crippen LogP contribution < -0.4 is 10.6 Å². The zero-order chi connectivity index (χ0) is 16.1. The molecule has 1 aromatic rings. The highest BCUT2D eigenvalue weighted by Gasteiger charge is 2.35. The van der Waals surface area contributed by atoms with Crippen molar-refractivity contribution in [1.29, 1.82) is 0 Å². The van der Waals surface area contributed by atoms with Crippen LogP contribution in [0.5, 0.6) is 0 Å². The summed E-state index contributed by atoms with van der Waals surface area (Å²) in [6.07, 6.45) is 1.45. The highest BCUT2D eigenvalue weighted by molar-refractivity contribution is 9.10. The van der Waals surface area contributed by atoms with Crippen molar-refractivity contribution >= 4 is 21.8 Å². The molecule has 0 aliphatic carbocycles. The Bertz CT molecular complexity index is 523. The van der Waals surface area contributed by atoms with Gasteiger partial charge in [-0.15, -0.1) is 0 Å². The second-order valence-corrected chi connectivity index (χ2v) is 7.10. The van der Waals surface area contributed by atoms with Gasteiger partial charge in [0.05, 0.1) is 6.61 Å². The molecule has 23 heavy (non-hydrogen) atoms. The Labute approximate surface area is 145 Å². The summed E-state index contributed by atoms with van der Waals surface area (Å²) >= 11 is 3.48. The number of hydrogen-bond acceptors (Lipinski definition) is 4. The van der Waals surface area contributed by atoms with Crippen LogP contribution in [0.25, 0.3) is 0 Å². The van der Waals surface area contributed by atoms with Gasteiger partial charge in [0.15, 0.2) is 0 Å². The molecule has 6 heteroatoms. The largest absolute Gasteiger partial charge is 0.381 e. The van der Waals surface area contributed by atoms with Gasteiger partial charge in [0, 0.05) is 42.7 Å². The number of halogens is 1. The van der Waals surface area contributed by atoms with Crippen molar-refractivity contribution in [3.05, 3.63) is 34.3 Å². The first-order valence-electron chi connectivity index (χ1n) is 8.13. The molecular weight excluding hydrogens is 360 g/mol. The normalized spacial score (nSPS) is 24.1. The fraction of sp³-hybridized carbons (Fsp3) is 0.588. The Morgan fingerprint density at radius 1 is 1.26 bits per heavy atom. The summed E-state index contributed by atoms with van der Waals surface area (Å²) in [6.45, 7) is 4.06. The fourth-order valence-electron chi connectivity index (χ4n) is 3.24. The lowest BCUT2D eigenvalue weighted by Gasteiger charge is -2.38. The number of carbonyl (C=O) groups is 1. The second kappa shape index (κ2) is 7.75. The molecule has 1 aromatic carbocycles. The fourth-order valence-corrected chi connectivity index (χ4v) is 3.50. The lowest BCUT2D eigenvalue weighted by atomic mass is 9.74. The molecule has 2 fully saturated rings. The molecule has 2 heterocycles. The molecule has 2 saturated heterocycles. The molecule has 126 valence electrons. The van der Waals surface area contributed by atoms with E-state index < -0.39 is 0 Å². The monoisotopic (exact) mass is 382 g/mol. The molecule has 3 rings (SSSR count). The Balaban J connectivity index is 1.69. The first-order valence-corrected chi connectivity index (χ1v) is 8.93. The summed E-state index contributed by atoms with van der Waals surface area (Å²) < 4.78 is 12.1. The van der Waals surface area contributed by atoms with Crippen LogP contribution >= 0.6 is 15.9 Å². The Kier molecular flexibility index (Phi) is 5.69. The average Bonchev–Trinajstić information content (AvgIpc) is 2.62. The number of morpholine rings is 1. The zero-order valence-electron chi connectivity index (χ0n) is 13.1. The van der Waals surface area contributed by atoms with Gasteiger partial charge in [-0.25, -0.2) is 0 Å². The van der Waals surface area contributed by atoms with Gasteiger partial charge in [0.25, 0.3) is 0 Å². The minimum Gasteiger partial charge on any atom is -0.381 e. The molecule has 0 radical (unpaired) electrons. The van der Waals surface area contributed by atoms with Crippen LogP contribution in [0.3, 0.4) is 0 Å². The molecule has 0 saturated carbocycles. The standard InChI is InChI=1S/C17H23BrN2O3/c18-14-3-1-13(2-4-14)17(5-8-22-9-6-17)12-20-16(21)15-11-19-7-10-23-15/h1-4,15,19H,5-12H2,(H,20,21). The van der Waals surface area contributed by atoms with Gasteiger partial charge in [-0.3, -0.25) is 4.79 Å².